The first-order chi connectivity index (χ1) is 17.3. The maximum atomic E-state index is 13.9. The van der Waals surface area contributed by atoms with Crippen LogP contribution in [0.1, 0.15) is 60.8 Å². The van der Waals surface area contributed by atoms with Crippen LogP contribution in [0.2, 0.25) is 0 Å². The molecule has 1 fully saturated rings. The van der Waals surface area contributed by atoms with Crippen molar-refractivity contribution in [3.63, 3.8) is 0 Å². The summed E-state index contributed by atoms with van der Waals surface area (Å²) in [6.45, 7) is 4.50. The van der Waals surface area contributed by atoms with E-state index < -0.39 is 5.54 Å². The second-order valence-electron chi connectivity index (χ2n) is 10.2. The molecule has 1 unspecified atom stereocenters. The molecule has 1 saturated carbocycles. The predicted octanol–water partition coefficient (Wildman–Crippen LogP) is 4.47. The summed E-state index contributed by atoms with van der Waals surface area (Å²) in [6.07, 6.45) is 5.94. The quantitative estimate of drug-likeness (QED) is 0.525. The fourth-order valence-corrected chi connectivity index (χ4v) is 5.71. The van der Waals surface area contributed by atoms with Crippen molar-refractivity contribution in [3.8, 4) is 11.5 Å². The summed E-state index contributed by atoms with van der Waals surface area (Å²) >= 11 is 0. The molecule has 192 valence electrons. The lowest BCUT2D eigenvalue weighted by atomic mass is 9.91. The van der Waals surface area contributed by atoms with Crippen LogP contribution in [0, 0.1) is 6.92 Å². The van der Waals surface area contributed by atoms with Crippen LogP contribution in [-0.2, 0) is 17.8 Å². The Hall–Kier alpha value is -3.42. The van der Waals surface area contributed by atoms with Gasteiger partial charge in [0.2, 0.25) is 5.91 Å². The summed E-state index contributed by atoms with van der Waals surface area (Å²) in [5.74, 6) is 1.95. The molecule has 2 amide bonds. The zero-order valence-corrected chi connectivity index (χ0v) is 21.6. The zero-order valence-electron chi connectivity index (χ0n) is 21.6. The minimum absolute atomic E-state index is 0.104. The van der Waals surface area contributed by atoms with Gasteiger partial charge < -0.3 is 28.7 Å². The van der Waals surface area contributed by atoms with Crippen LogP contribution >= 0.6 is 0 Å². The lowest BCUT2D eigenvalue weighted by Crippen LogP contribution is -2.65. The predicted molar refractivity (Wildman–Crippen MR) is 137 cm³/mol. The minimum atomic E-state index is -1.05. The molecule has 0 spiro atoms. The van der Waals surface area contributed by atoms with Gasteiger partial charge in [0.1, 0.15) is 28.5 Å². The molecule has 36 heavy (non-hydrogen) atoms. The Morgan fingerprint density at radius 3 is 2.64 bits per heavy atom. The summed E-state index contributed by atoms with van der Waals surface area (Å²) in [6, 6.07) is 9.51. The summed E-state index contributed by atoms with van der Waals surface area (Å²) in [4.78, 5) is 29.5. The van der Waals surface area contributed by atoms with Crippen LogP contribution < -0.4 is 14.8 Å². The topological polar surface area (TPSA) is 85.9 Å². The first kappa shape index (κ1) is 24.3. The van der Waals surface area contributed by atoms with Crippen molar-refractivity contribution in [2.45, 2.75) is 70.5 Å². The van der Waals surface area contributed by atoms with Gasteiger partial charge in [-0.2, -0.15) is 0 Å². The standard InChI is InChI=1S/C28H35N3O5/c1-18-14-22-25(36-18)16-23-26(32)31(13-12-19-15-21(34-3)10-11-24(19)35-4)28(2,17-30(22)23)27(33)29-20-8-6-5-7-9-20/h10-11,14-16,20H,5-9,12-13,17H2,1-4H3,(H,29,33). The van der Waals surface area contributed by atoms with E-state index in [4.69, 9.17) is 13.9 Å². The Morgan fingerprint density at radius 2 is 1.92 bits per heavy atom. The maximum Gasteiger partial charge on any atom is 0.271 e. The van der Waals surface area contributed by atoms with Crippen molar-refractivity contribution >= 4 is 22.9 Å². The highest BCUT2D eigenvalue weighted by Gasteiger charge is 2.48. The van der Waals surface area contributed by atoms with Gasteiger partial charge in [-0.1, -0.05) is 19.3 Å². The van der Waals surface area contributed by atoms with Crippen molar-refractivity contribution in [3.05, 3.63) is 47.3 Å². The Labute approximate surface area is 211 Å². The molecule has 1 aliphatic heterocycles. The van der Waals surface area contributed by atoms with Gasteiger partial charge >= 0.3 is 0 Å². The molecular weight excluding hydrogens is 458 g/mol. The molecule has 3 heterocycles. The number of amides is 2. The van der Waals surface area contributed by atoms with E-state index in [1.54, 1.807) is 25.2 Å². The molecule has 1 atom stereocenters. The molecular formula is C28H35N3O5. The van der Waals surface area contributed by atoms with Crippen LogP contribution in [-0.4, -0.2) is 53.6 Å². The number of furan rings is 1. The first-order valence-corrected chi connectivity index (χ1v) is 12.8. The van der Waals surface area contributed by atoms with Crippen LogP contribution in [0.4, 0.5) is 0 Å². The second kappa shape index (κ2) is 9.56. The van der Waals surface area contributed by atoms with Gasteiger partial charge in [-0.05, 0) is 56.9 Å². The van der Waals surface area contributed by atoms with Crippen molar-refractivity contribution in [2.24, 2.45) is 0 Å². The fraction of sp³-hybridized carbons (Fsp3) is 0.500. The average Bonchev–Trinajstić information content (AvgIpc) is 3.40. The molecule has 5 rings (SSSR count). The van der Waals surface area contributed by atoms with Crippen molar-refractivity contribution < 1.29 is 23.5 Å². The van der Waals surface area contributed by atoms with Gasteiger partial charge in [0.15, 0.2) is 5.58 Å². The maximum absolute atomic E-state index is 13.9. The molecule has 2 aromatic heterocycles. The number of benzene rings is 1. The van der Waals surface area contributed by atoms with Crippen LogP contribution in [0.3, 0.4) is 0 Å². The third-order valence-electron chi connectivity index (χ3n) is 7.76. The smallest absolute Gasteiger partial charge is 0.271 e. The number of ether oxygens (including phenoxy) is 2. The van der Waals surface area contributed by atoms with E-state index in [0.717, 1.165) is 54.0 Å². The van der Waals surface area contributed by atoms with Gasteiger partial charge in [0.05, 0.1) is 26.3 Å². The number of aromatic nitrogens is 1. The highest BCUT2D eigenvalue weighted by atomic mass is 16.5. The Morgan fingerprint density at radius 1 is 1.14 bits per heavy atom. The third-order valence-corrected chi connectivity index (χ3v) is 7.76. The number of fused-ring (bicyclic) bond motifs is 3. The SMILES string of the molecule is COc1ccc(OC)c(CCN2C(=O)c3cc4oc(C)cc4n3CC2(C)C(=O)NC2CCCCC2)c1. The molecule has 1 aromatic carbocycles. The summed E-state index contributed by atoms with van der Waals surface area (Å²) in [7, 11) is 3.25. The number of hydrogen-bond donors (Lipinski definition) is 1. The molecule has 1 aliphatic carbocycles. The van der Waals surface area contributed by atoms with Crippen molar-refractivity contribution in [1.82, 2.24) is 14.8 Å². The van der Waals surface area contributed by atoms with E-state index in [0.29, 0.717) is 30.8 Å². The molecule has 3 aromatic rings. The van der Waals surface area contributed by atoms with Gasteiger partial charge in [0.25, 0.3) is 5.91 Å². The molecule has 0 bridgehead atoms. The summed E-state index contributed by atoms with van der Waals surface area (Å²) in [5.41, 5.74) is 1.93. The van der Waals surface area contributed by atoms with Gasteiger partial charge in [0, 0.05) is 24.7 Å². The fourth-order valence-electron chi connectivity index (χ4n) is 5.71. The number of nitrogens with zero attached hydrogens (tertiary/aromatic N) is 2. The normalized spacial score (nSPS) is 20.4. The first-order valence-electron chi connectivity index (χ1n) is 12.8. The van der Waals surface area contributed by atoms with Crippen LogP contribution in [0.25, 0.3) is 11.1 Å². The van der Waals surface area contributed by atoms with Gasteiger partial charge in [-0.15, -0.1) is 0 Å². The van der Waals surface area contributed by atoms with Crippen LogP contribution in [0.15, 0.2) is 34.7 Å². The van der Waals surface area contributed by atoms with Crippen LogP contribution in [0.5, 0.6) is 11.5 Å². The Bertz CT molecular complexity index is 1290. The van der Waals surface area contributed by atoms with E-state index in [9.17, 15) is 9.59 Å². The zero-order chi connectivity index (χ0) is 25.4. The number of nitrogens with one attached hydrogen (secondary N) is 1. The van der Waals surface area contributed by atoms with E-state index in [1.807, 2.05) is 42.7 Å². The summed E-state index contributed by atoms with van der Waals surface area (Å²) < 4.78 is 18.7. The number of rotatable bonds is 7. The molecule has 2 aliphatic rings. The van der Waals surface area contributed by atoms with Gasteiger partial charge in [-0.25, -0.2) is 0 Å². The highest BCUT2D eigenvalue weighted by Crippen LogP contribution is 2.35. The number of hydrogen-bond acceptors (Lipinski definition) is 5. The van der Waals surface area contributed by atoms with Crippen molar-refractivity contribution in [2.75, 3.05) is 20.8 Å². The van der Waals surface area contributed by atoms with E-state index in [1.165, 1.54) is 6.42 Å². The molecule has 8 nitrogen and oxygen atoms in total. The summed E-state index contributed by atoms with van der Waals surface area (Å²) in [5, 5.41) is 3.28. The third kappa shape index (κ3) is 4.22. The lowest BCUT2D eigenvalue weighted by molar-refractivity contribution is -0.133. The number of aryl methyl sites for hydroxylation is 1. The molecule has 0 saturated heterocycles. The minimum Gasteiger partial charge on any atom is -0.497 e. The highest BCUT2D eigenvalue weighted by molar-refractivity contribution is 6.03. The Balaban J connectivity index is 1.49. The lowest BCUT2D eigenvalue weighted by Gasteiger charge is -2.45. The van der Waals surface area contributed by atoms with Crippen molar-refractivity contribution in [1.29, 1.82) is 0 Å². The van der Waals surface area contributed by atoms with E-state index in [2.05, 4.69) is 5.32 Å². The second-order valence-corrected chi connectivity index (χ2v) is 10.2. The average molecular weight is 494 g/mol. The van der Waals surface area contributed by atoms with E-state index >= 15 is 0 Å². The number of carbonyl (C=O) groups is 2. The molecule has 0 radical (unpaired) electrons. The monoisotopic (exact) mass is 493 g/mol. The number of methoxy groups -OCH3 is 2. The number of carbonyl (C=O) groups excluding carboxylic acids is 2. The molecule has 8 heteroatoms. The molecule has 1 N–H and O–H groups in total. The van der Waals surface area contributed by atoms with Gasteiger partial charge in [-0.3, -0.25) is 9.59 Å². The Kier molecular flexibility index (Phi) is 6.45. The largest absolute Gasteiger partial charge is 0.497 e. The van der Waals surface area contributed by atoms with E-state index in [-0.39, 0.29) is 17.9 Å².